The number of fused-ring (bicyclic) bond motifs is 1. The van der Waals surface area contributed by atoms with E-state index in [2.05, 4.69) is 61.6 Å². The van der Waals surface area contributed by atoms with Gasteiger partial charge in [-0.3, -0.25) is 0 Å². The summed E-state index contributed by atoms with van der Waals surface area (Å²) in [6.45, 7) is 5.86. The van der Waals surface area contributed by atoms with E-state index in [9.17, 15) is 0 Å². The zero-order valence-corrected chi connectivity index (χ0v) is 16.8. The van der Waals surface area contributed by atoms with Gasteiger partial charge in [-0.05, 0) is 65.8 Å². The summed E-state index contributed by atoms with van der Waals surface area (Å²) in [5, 5.41) is 3.70. The number of nitrogens with one attached hydrogen (secondary N) is 1. The first-order valence-electron chi connectivity index (χ1n) is 9.84. The topological polar surface area (TPSA) is 30.5 Å². The Morgan fingerprint density at radius 2 is 1.75 bits per heavy atom. The van der Waals surface area contributed by atoms with Gasteiger partial charge in [-0.2, -0.15) is 0 Å². The molecule has 0 fully saturated rings. The maximum absolute atomic E-state index is 6.17. The van der Waals surface area contributed by atoms with Crippen LogP contribution in [-0.2, 0) is 13.0 Å². The van der Waals surface area contributed by atoms with Crippen molar-refractivity contribution >= 4 is 0 Å². The van der Waals surface area contributed by atoms with Gasteiger partial charge in [0.1, 0.15) is 6.61 Å². The highest BCUT2D eigenvalue weighted by Gasteiger charge is 2.25. The molecule has 0 spiro atoms. The van der Waals surface area contributed by atoms with Crippen LogP contribution in [0.2, 0.25) is 0 Å². The van der Waals surface area contributed by atoms with Crippen molar-refractivity contribution in [3.8, 4) is 11.5 Å². The van der Waals surface area contributed by atoms with Gasteiger partial charge in [0.2, 0.25) is 0 Å². The average molecular weight is 373 g/mol. The molecule has 1 aliphatic heterocycles. The van der Waals surface area contributed by atoms with Gasteiger partial charge in [-0.1, -0.05) is 48.5 Å². The van der Waals surface area contributed by atoms with Crippen molar-refractivity contribution in [2.75, 3.05) is 13.7 Å². The van der Waals surface area contributed by atoms with E-state index >= 15 is 0 Å². The largest absolute Gasteiger partial charge is 0.493 e. The molecule has 144 valence electrons. The van der Waals surface area contributed by atoms with Crippen molar-refractivity contribution in [3.05, 3.63) is 94.0 Å². The number of ether oxygens (including phenoxy) is 2. The number of rotatable bonds is 5. The first-order chi connectivity index (χ1) is 13.7. The van der Waals surface area contributed by atoms with Crippen molar-refractivity contribution in [3.63, 3.8) is 0 Å². The highest BCUT2D eigenvalue weighted by molar-refractivity contribution is 5.53. The Morgan fingerprint density at radius 1 is 0.929 bits per heavy atom. The second-order valence-corrected chi connectivity index (χ2v) is 7.40. The van der Waals surface area contributed by atoms with Gasteiger partial charge in [0.05, 0.1) is 13.2 Å². The quantitative estimate of drug-likeness (QED) is 0.673. The van der Waals surface area contributed by atoms with Crippen LogP contribution in [0.15, 0.2) is 60.7 Å². The fourth-order valence-corrected chi connectivity index (χ4v) is 3.94. The van der Waals surface area contributed by atoms with E-state index in [1.165, 1.54) is 27.8 Å². The van der Waals surface area contributed by atoms with Crippen molar-refractivity contribution in [2.24, 2.45) is 0 Å². The molecule has 1 N–H and O–H groups in total. The van der Waals surface area contributed by atoms with Gasteiger partial charge < -0.3 is 14.8 Å². The first-order valence-corrected chi connectivity index (χ1v) is 9.84. The maximum Gasteiger partial charge on any atom is 0.162 e. The van der Waals surface area contributed by atoms with Gasteiger partial charge in [-0.25, -0.2) is 0 Å². The van der Waals surface area contributed by atoms with E-state index in [1.54, 1.807) is 7.11 Å². The van der Waals surface area contributed by atoms with Gasteiger partial charge >= 0.3 is 0 Å². The first kappa shape index (κ1) is 18.6. The Hall–Kier alpha value is -2.78. The van der Waals surface area contributed by atoms with Gasteiger partial charge in [0.15, 0.2) is 11.5 Å². The monoisotopic (exact) mass is 373 g/mol. The summed E-state index contributed by atoms with van der Waals surface area (Å²) in [5.74, 6) is 1.60. The number of hydrogen-bond acceptors (Lipinski definition) is 3. The molecule has 3 heteroatoms. The Morgan fingerprint density at radius 3 is 2.54 bits per heavy atom. The normalized spacial score (nSPS) is 15.8. The summed E-state index contributed by atoms with van der Waals surface area (Å²) < 4.78 is 11.8. The Bertz CT molecular complexity index is 966. The zero-order valence-electron chi connectivity index (χ0n) is 16.8. The zero-order chi connectivity index (χ0) is 19.5. The smallest absolute Gasteiger partial charge is 0.162 e. The molecule has 0 amide bonds. The molecule has 3 aromatic rings. The molecular formula is C25H27NO2. The average Bonchev–Trinajstić information content (AvgIpc) is 2.74. The Kier molecular flexibility index (Phi) is 5.36. The summed E-state index contributed by atoms with van der Waals surface area (Å²) in [5.41, 5.74) is 7.75. The summed E-state index contributed by atoms with van der Waals surface area (Å²) in [4.78, 5) is 0. The molecule has 0 bridgehead atoms. The lowest BCUT2D eigenvalue weighted by atomic mass is 9.86. The molecule has 1 aliphatic rings. The van der Waals surface area contributed by atoms with Gasteiger partial charge in [0, 0.05) is 6.54 Å². The lowest BCUT2D eigenvalue weighted by Crippen LogP contribution is -2.31. The summed E-state index contributed by atoms with van der Waals surface area (Å²) >= 11 is 0. The van der Waals surface area contributed by atoms with Crippen LogP contribution in [0.5, 0.6) is 11.5 Å². The van der Waals surface area contributed by atoms with Crippen molar-refractivity contribution in [2.45, 2.75) is 32.9 Å². The minimum absolute atomic E-state index is 0.175. The standard InChI is InChI=1S/C25H27NO2/c1-17-8-7-11-21(18(17)2)25-22-15-24(28-16-19-9-5-4-6-10-19)23(27-3)14-20(22)12-13-26-25/h4-11,14-15,25-26H,12-13,16H2,1-3H3. The molecule has 1 heterocycles. The second-order valence-electron chi connectivity index (χ2n) is 7.40. The Balaban J connectivity index is 1.71. The lowest BCUT2D eigenvalue weighted by Gasteiger charge is -2.30. The van der Waals surface area contributed by atoms with Gasteiger partial charge in [0.25, 0.3) is 0 Å². The number of aryl methyl sites for hydroxylation is 1. The van der Waals surface area contributed by atoms with Crippen LogP contribution >= 0.6 is 0 Å². The van der Waals surface area contributed by atoms with E-state index in [4.69, 9.17) is 9.47 Å². The summed E-state index contributed by atoms with van der Waals surface area (Å²) in [7, 11) is 1.71. The van der Waals surface area contributed by atoms with E-state index in [0.29, 0.717) is 6.61 Å². The highest BCUT2D eigenvalue weighted by Crippen LogP contribution is 2.38. The van der Waals surface area contributed by atoms with Crippen molar-refractivity contribution in [1.29, 1.82) is 0 Å². The van der Waals surface area contributed by atoms with Crippen LogP contribution in [0.1, 0.15) is 39.4 Å². The van der Waals surface area contributed by atoms with Crippen LogP contribution in [0.4, 0.5) is 0 Å². The van der Waals surface area contributed by atoms with E-state index in [1.807, 2.05) is 18.2 Å². The fourth-order valence-electron chi connectivity index (χ4n) is 3.94. The number of methoxy groups -OCH3 is 1. The molecule has 3 nitrogen and oxygen atoms in total. The van der Waals surface area contributed by atoms with E-state index in [-0.39, 0.29) is 6.04 Å². The van der Waals surface area contributed by atoms with Crippen LogP contribution < -0.4 is 14.8 Å². The third kappa shape index (κ3) is 3.63. The molecule has 1 unspecified atom stereocenters. The molecule has 28 heavy (non-hydrogen) atoms. The Labute approximate surface area is 167 Å². The summed E-state index contributed by atoms with van der Waals surface area (Å²) in [6.07, 6.45) is 0.992. The molecule has 0 radical (unpaired) electrons. The van der Waals surface area contributed by atoms with Crippen LogP contribution in [0.25, 0.3) is 0 Å². The van der Waals surface area contributed by atoms with Crippen molar-refractivity contribution in [1.82, 2.24) is 5.32 Å². The van der Waals surface area contributed by atoms with Crippen molar-refractivity contribution < 1.29 is 9.47 Å². The highest BCUT2D eigenvalue weighted by atomic mass is 16.5. The number of hydrogen-bond donors (Lipinski definition) is 1. The predicted molar refractivity (Wildman–Crippen MR) is 113 cm³/mol. The molecule has 4 rings (SSSR count). The minimum atomic E-state index is 0.175. The summed E-state index contributed by atoms with van der Waals surface area (Å²) in [6, 6.07) is 21.3. The SMILES string of the molecule is COc1cc2c(cc1OCc1ccccc1)C(c1cccc(C)c1C)NCC2. The molecule has 0 saturated heterocycles. The van der Waals surface area contributed by atoms with Crippen LogP contribution in [0.3, 0.4) is 0 Å². The second kappa shape index (κ2) is 8.07. The molecule has 0 saturated carbocycles. The van der Waals surface area contributed by atoms with E-state index in [0.717, 1.165) is 30.0 Å². The molecule has 0 aromatic heterocycles. The molecule has 1 atom stereocenters. The third-order valence-electron chi connectivity index (χ3n) is 5.67. The fraction of sp³-hybridized carbons (Fsp3) is 0.280. The molecule has 3 aromatic carbocycles. The molecular weight excluding hydrogens is 346 g/mol. The van der Waals surface area contributed by atoms with Crippen LogP contribution in [-0.4, -0.2) is 13.7 Å². The minimum Gasteiger partial charge on any atom is -0.493 e. The lowest BCUT2D eigenvalue weighted by molar-refractivity contribution is 0.283. The van der Waals surface area contributed by atoms with Crippen LogP contribution in [0, 0.1) is 13.8 Å². The molecule has 0 aliphatic carbocycles. The number of benzene rings is 3. The van der Waals surface area contributed by atoms with E-state index < -0.39 is 0 Å². The predicted octanol–water partition coefficient (Wildman–Crippen LogP) is 5.13. The third-order valence-corrected chi connectivity index (χ3v) is 5.67. The maximum atomic E-state index is 6.17. The van der Waals surface area contributed by atoms with Gasteiger partial charge in [-0.15, -0.1) is 0 Å².